The molecule has 150 valence electrons. The first kappa shape index (κ1) is 20.1. The van der Waals surface area contributed by atoms with E-state index in [-0.39, 0.29) is 16.7 Å². The van der Waals surface area contributed by atoms with Gasteiger partial charge < -0.3 is 14.5 Å². The number of fused-ring (bicyclic) bond motifs is 1. The van der Waals surface area contributed by atoms with Gasteiger partial charge in [-0.05, 0) is 26.0 Å². The molecule has 0 bridgehead atoms. The number of methoxy groups -OCH3 is 1. The Bertz CT molecular complexity index is 1030. The van der Waals surface area contributed by atoms with Crippen molar-refractivity contribution in [3.63, 3.8) is 0 Å². The van der Waals surface area contributed by atoms with Crippen molar-refractivity contribution < 1.29 is 26.9 Å². The Morgan fingerprint density at radius 2 is 2.00 bits per heavy atom. The summed E-state index contributed by atoms with van der Waals surface area (Å²) in [4.78, 5) is 11.5. The number of aromatic nitrogens is 3. The van der Waals surface area contributed by atoms with Crippen LogP contribution in [0.25, 0.3) is 11.0 Å². The highest BCUT2D eigenvalue weighted by molar-refractivity contribution is 7.84. The van der Waals surface area contributed by atoms with E-state index in [1.165, 1.54) is 18.2 Å². The summed E-state index contributed by atoms with van der Waals surface area (Å²) >= 11 is 0. The van der Waals surface area contributed by atoms with Crippen molar-refractivity contribution in [2.45, 2.75) is 30.9 Å². The van der Waals surface area contributed by atoms with Crippen LogP contribution in [-0.2, 0) is 16.6 Å². The largest absolute Gasteiger partial charge is 0.496 e. The number of nitrogens with zero attached hydrogens (tertiary/aromatic N) is 2. The number of alkyl halides is 3. The molecule has 1 N–H and O–H groups in total. The number of pyridine rings is 1. The third-order valence-corrected chi connectivity index (χ3v) is 5.23. The van der Waals surface area contributed by atoms with E-state index < -0.39 is 23.6 Å². The van der Waals surface area contributed by atoms with E-state index in [4.69, 9.17) is 9.47 Å². The molecule has 0 aliphatic rings. The molecule has 0 saturated heterocycles. The highest BCUT2D eigenvalue weighted by atomic mass is 32.2. The number of ether oxygens (including phenoxy) is 2. The van der Waals surface area contributed by atoms with Crippen LogP contribution >= 0.6 is 0 Å². The second kappa shape index (κ2) is 7.78. The molecule has 3 rings (SSSR count). The third kappa shape index (κ3) is 4.44. The average molecular weight is 413 g/mol. The summed E-state index contributed by atoms with van der Waals surface area (Å²) in [5, 5.41) is 0.212. The number of nitrogens with one attached hydrogen (secondary N) is 1. The molecule has 0 spiro atoms. The van der Waals surface area contributed by atoms with Crippen LogP contribution in [0.15, 0.2) is 29.6 Å². The molecule has 0 aliphatic carbocycles. The lowest BCUT2D eigenvalue weighted by Crippen LogP contribution is -2.19. The van der Waals surface area contributed by atoms with E-state index in [2.05, 4.69) is 15.0 Å². The smallest absolute Gasteiger partial charge is 0.422 e. The van der Waals surface area contributed by atoms with Crippen LogP contribution in [0.2, 0.25) is 0 Å². The van der Waals surface area contributed by atoms with Crippen molar-refractivity contribution in [2.24, 2.45) is 0 Å². The lowest BCUT2D eigenvalue weighted by molar-refractivity contribution is -0.153. The Balaban J connectivity index is 1.81. The lowest BCUT2D eigenvalue weighted by Gasteiger charge is -2.11. The van der Waals surface area contributed by atoms with E-state index in [1.807, 2.05) is 13.8 Å². The fourth-order valence-corrected chi connectivity index (χ4v) is 3.84. The normalized spacial score (nSPS) is 12.9. The van der Waals surface area contributed by atoms with Gasteiger partial charge in [0.25, 0.3) is 0 Å². The van der Waals surface area contributed by atoms with Crippen molar-refractivity contribution >= 4 is 21.8 Å². The van der Waals surface area contributed by atoms with E-state index in [1.54, 1.807) is 13.3 Å². The minimum atomic E-state index is -4.42. The summed E-state index contributed by atoms with van der Waals surface area (Å²) < 4.78 is 59.6. The minimum absolute atomic E-state index is 0.0478. The van der Waals surface area contributed by atoms with Crippen molar-refractivity contribution in [3.05, 3.63) is 41.2 Å². The van der Waals surface area contributed by atoms with Gasteiger partial charge in [-0.25, -0.2) is 4.98 Å². The maximum Gasteiger partial charge on any atom is 0.422 e. The number of imidazole rings is 1. The topological polar surface area (TPSA) is 77.1 Å². The molecule has 0 aliphatic heterocycles. The van der Waals surface area contributed by atoms with Crippen LogP contribution in [0.4, 0.5) is 13.2 Å². The molecule has 0 amide bonds. The third-order valence-electron chi connectivity index (χ3n) is 4.07. The number of hydrogen-bond acceptors (Lipinski definition) is 5. The van der Waals surface area contributed by atoms with Crippen LogP contribution in [0, 0.1) is 13.8 Å². The van der Waals surface area contributed by atoms with Crippen molar-refractivity contribution in [1.82, 2.24) is 15.0 Å². The number of benzene rings is 1. The molecule has 0 fully saturated rings. The molecule has 3 aromatic rings. The summed E-state index contributed by atoms with van der Waals surface area (Å²) in [6.45, 7) is 2.33. The Labute approximate surface area is 161 Å². The average Bonchev–Trinajstić information content (AvgIpc) is 3.05. The fourth-order valence-electron chi connectivity index (χ4n) is 2.74. The van der Waals surface area contributed by atoms with Crippen LogP contribution in [0.1, 0.15) is 16.8 Å². The predicted molar refractivity (Wildman–Crippen MR) is 98.0 cm³/mol. The zero-order chi connectivity index (χ0) is 20.5. The van der Waals surface area contributed by atoms with Gasteiger partial charge >= 0.3 is 6.18 Å². The number of H-pyrrole nitrogens is 1. The van der Waals surface area contributed by atoms with Gasteiger partial charge in [0.1, 0.15) is 11.5 Å². The molecule has 6 nitrogen and oxygen atoms in total. The van der Waals surface area contributed by atoms with Crippen molar-refractivity contribution in [1.29, 1.82) is 0 Å². The second-order valence-corrected chi connectivity index (χ2v) is 7.53. The predicted octanol–water partition coefficient (Wildman–Crippen LogP) is 3.83. The van der Waals surface area contributed by atoms with Crippen molar-refractivity contribution in [2.75, 3.05) is 13.7 Å². The van der Waals surface area contributed by atoms with Gasteiger partial charge in [-0.1, -0.05) is 0 Å². The molecule has 2 heterocycles. The molecule has 10 heteroatoms. The molecule has 0 saturated carbocycles. The minimum Gasteiger partial charge on any atom is -0.496 e. The summed E-state index contributed by atoms with van der Waals surface area (Å²) in [7, 11) is 0.0391. The second-order valence-electron chi connectivity index (χ2n) is 6.16. The standard InChI is InChI=1S/C18H18F3N3O3S/c1-10-7-22-15(11(2)16(10)26-3)8-28(25)17-23-13-5-4-12(6-14(13)24-17)27-9-18(19,20)21/h4-7H,8-9H2,1-3H3,(H,23,24). The van der Waals surface area contributed by atoms with Crippen LogP contribution in [0.5, 0.6) is 11.5 Å². The SMILES string of the molecule is COc1c(C)cnc(CS(=O)c2nc3ccc(OCC(F)(F)F)cc3[nH]2)c1C. The Morgan fingerprint density at radius 3 is 2.68 bits per heavy atom. The van der Waals surface area contributed by atoms with E-state index in [9.17, 15) is 17.4 Å². The van der Waals surface area contributed by atoms with E-state index in [0.717, 1.165) is 11.1 Å². The van der Waals surface area contributed by atoms with Gasteiger partial charge in [0, 0.05) is 23.4 Å². The van der Waals surface area contributed by atoms with Crippen LogP contribution < -0.4 is 9.47 Å². The highest BCUT2D eigenvalue weighted by Gasteiger charge is 2.28. The summed E-state index contributed by atoms with van der Waals surface area (Å²) in [5.74, 6) is 0.865. The maximum absolute atomic E-state index is 12.7. The molecule has 1 atom stereocenters. The first-order chi connectivity index (χ1) is 13.2. The lowest BCUT2D eigenvalue weighted by atomic mass is 10.1. The zero-order valence-corrected chi connectivity index (χ0v) is 16.2. The van der Waals surface area contributed by atoms with Gasteiger partial charge in [0.2, 0.25) is 0 Å². The first-order valence-electron chi connectivity index (χ1n) is 8.24. The molecule has 0 radical (unpaired) electrons. The number of aromatic amines is 1. The first-order valence-corrected chi connectivity index (χ1v) is 9.56. The molecule has 1 aromatic carbocycles. The number of rotatable bonds is 6. The molecule has 1 unspecified atom stereocenters. The van der Waals surface area contributed by atoms with Gasteiger partial charge in [0.15, 0.2) is 11.8 Å². The van der Waals surface area contributed by atoms with E-state index >= 15 is 0 Å². The molecular formula is C18H18F3N3O3S. The van der Waals surface area contributed by atoms with Crippen LogP contribution in [-0.4, -0.2) is 39.1 Å². The highest BCUT2D eigenvalue weighted by Crippen LogP contribution is 2.26. The Hall–Kier alpha value is -2.62. The number of hydrogen-bond donors (Lipinski definition) is 1. The monoisotopic (exact) mass is 413 g/mol. The van der Waals surface area contributed by atoms with Gasteiger partial charge in [0.05, 0.1) is 40.4 Å². The molecule has 2 aromatic heterocycles. The van der Waals surface area contributed by atoms with Gasteiger partial charge in [-0.15, -0.1) is 0 Å². The number of aryl methyl sites for hydroxylation is 1. The maximum atomic E-state index is 12.7. The Kier molecular flexibility index (Phi) is 5.59. The quantitative estimate of drug-likeness (QED) is 0.665. The Morgan fingerprint density at radius 1 is 1.25 bits per heavy atom. The summed E-state index contributed by atoms with van der Waals surface area (Å²) in [6.07, 6.45) is -2.77. The zero-order valence-electron chi connectivity index (χ0n) is 15.4. The molecular weight excluding hydrogens is 395 g/mol. The fraction of sp³-hybridized carbons (Fsp3) is 0.333. The van der Waals surface area contributed by atoms with Gasteiger partial charge in [-0.3, -0.25) is 9.19 Å². The van der Waals surface area contributed by atoms with E-state index in [0.29, 0.717) is 22.5 Å². The van der Waals surface area contributed by atoms with Crippen LogP contribution in [0.3, 0.4) is 0 Å². The summed E-state index contributed by atoms with van der Waals surface area (Å²) in [6, 6.07) is 4.29. The van der Waals surface area contributed by atoms with Crippen molar-refractivity contribution in [3.8, 4) is 11.5 Å². The summed E-state index contributed by atoms with van der Waals surface area (Å²) in [5.41, 5.74) is 3.22. The number of halogens is 3. The van der Waals surface area contributed by atoms with Gasteiger partial charge in [-0.2, -0.15) is 13.2 Å². The molecule has 28 heavy (non-hydrogen) atoms.